The number of hydrogen-bond acceptors (Lipinski definition) is 3. The average molecular weight is 337 g/mol. The molecule has 0 unspecified atom stereocenters. The molecule has 1 heterocycles. The summed E-state index contributed by atoms with van der Waals surface area (Å²) in [5.41, 5.74) is 8.59. The number of rotatable bonds is 3. The van der Waals surface area contributed by atoms with Gasteiger partial charge in [-0.1, -0.05) is 15.9 Å². The first kappa shape index (κ1) is 13.2. The summed E-state index contributed by atoms with van der Waals surface area (Å²) < 4.78 is 20.4. The lowest BCUT2D eigenvalue weighted by atomic mass is 10.1. The van der Waals surface area contributed by atoms with Gasteiger partial charge in [-0.15, -0.1) is 0 Å². The van der Waals surface area contributed by atoms with Crippen LogP contribution in [-0.4, -0.2) is 6.61 Å². The summed E-state index contributed by atoms with van der Waals surface area (Å²) in [6.07, 6.45) is 0.915. The molecule has 0 saturated heterocycles. The zero-order valence-electron chi connectivity index (χ0n) is 10.7. The third-order valence-electron chi connectivity index (χ3n) is 3.29. The van der Waals surface area contributed by atoms with Gasteiger partial charge in [0.2, 0.25) is 0 Å². The maximum absolute atomic E-state index is 13.7. The SMILES string of the molecule is Nc1ccc(NCc2cc(Br)cc3c2OCC3)c(F)c1. The number of fused-ring (bicyclic) bond motifs is 1. The summed E-state index contributed by atoms with van der Waals surface area (Å²) in [6.45, 7) is 1.21. The van der Waals surface area contributed by atoms with E-state index in [1.54, 1.807) is 12.1 Å². The fraction of sp³-hybridized carbons (Fsp3) is 0.200. The van der Waals surface area contributed by atoms with E-state index in [1.807, 2.05) is 6.07 Å². The molecule has 3 N–H and O–H groups in total. The number of benzene rings is 2. The molecule has 0 aromatic heterocycles. The van der Waals surface area contributed by atoms with Crippen molar-refractivity contribution in [3.8, 4) is 5.75 Å². The maximum Gasteiger partial charge on any atom is 0.148 e. The van der Waals surface area contributed by atoms with Gasteiger partial charge in [0.25, 0.3) is 0 Å². The highest BCUT2D eigenvalue weighted by molar-refractivity contribution is 9.10. The molecule has 3 nitrogen and oxygen atoms in total. The quantitative estimate of drug-likeness (QED) is 0.840. The minimum Gasteiger partial charge on any atom is -0.493 e. The third-order valence-corrected chi connectivity index (χ3v) is 3.75. The first-order chi connectivity index (χ1) is 9.63. The summed E-state index contributed by atoms with van der Waals surface area (Å²) in [6, 6.07) is 8.68. The number of halogens is 2. The van der Waals surface area contributed by atoms with E-state index in [2.05, 4.69) is 27.3 Å². The molecule has 0 radical (unpaired) electrons. The second-order valence-electron chi connectivity index (χ2n) is 4.74. The van der Waals surface area contributed by atoms with Gasteiger partial charge in [0.15, 0.2) is 0 Å². The van der Waals surface area contributed by atoms with Crippen molar-refractivity contribution in [1.82, 2.24) is 0 Å². The molecule has 0 spiro atoms. The van der Waals surface area contributed by atoms with Gasteiger partial charge in [-0.25, -0.2) is 4.39 Å². The van der Waals surface area contributed by atoms with Crippen molar-refractivity contribution in [3.05, 3.63) is 51.7 Å². The molecule has 0 amide bonds. The standard InChI is InChI=1S/C15H14BrFN2O/c16-11-5-9-3-4-20-15(9)10(6-11)8-19-14-2-1-12(18)7-13(14)17/h1-2,5-7,19H,3-4,8,18H2. The number of hydrogen-bond donors (Lipinski definition) is 2. The Morgan fingerprint density at radius 2 is 2.15 bits per heavy atom. The van der Waals surface area contributed by atoms with Gasteiger partial charge in [-0.2, -0.15) is 0 Å². The van der Waals surface area contributed by atoms with Crippen molar-refractivity contribution in [2.75, 3.05) is 17.7 Å². The Kier molecular flexibility index (Phi) is 3.53. The topological polar surface area (TPSA) is 47.3 Å². The number of ether oxygens (including phenoxy) is 1. The molecule has 104 valence electrons. The van der Waals surface area contributed by atoms with E-state index in [4.69, 9.17) is 10.5 Å². The van der Waals surface area contributed by atoms with E-state index in [9.17, 15) is 4.39 Å². The molecule has 1 aliphatic rings. The van der Waals surface area contributed by atoms with Crippen LogP contribution < -0.4 is 15.8 Å². The fourth-order valence-electron chi connectivity index (χ4n) is 2.34. The van der Waals surface area contributed by atoms with Crippen LogP contribution in [-0.2, 0) is 13.0 Å². The van der Waals surface area contributed by atoms with Gasteiger partial charge in [0.05, 0.1) is 12.3 Å². The summed E-state index contributed by atoms with van der Waals surface area (Å²) in [7, 11) is 0. The highest BCUT2D eigenvalue weighted by Gasteiger charge is 2.17. The van der Waals surface area contributed by atoms with Crippen LogP contribution in [0.25, 0.3) is 0 Å². The Morgan fingerprint density at radius 1 is 1.30 bits per heavy atom. The van der Waals surface area contributed by atoms with Crippen LogP contribution in [0.2, 0.25) is 0 Å². The van der Waals surface area contributed by atoms with Gasteiger partial charge >= 0.3 is 0 Å². The van der Waals surface area contributed by atoms with Crippen molar-refractivity contribution in [2.24, 2.45) is 0 Å². The Balaban J connectivity index is 1.82. The average Bonchev–Trinajstić information content (AvgIpc) is 2.85. The lowest BCUT2D eigenvalue weighted by Crippen LogP contribution is -2.03. The van der Waals surface area contributed by atoms with E-state index in [1.165, 1.54) is 11.6 Å². The monoisotopic (exact) mass is 336 g/mol. The molecule has 0 fully saturated rings. The van der Waals surface area contributed by atoms with Crippen LogP contribution in [0.5, 0.6) is 5.75 Å². The Labute approximate surface area is 125 Å². The van der Waals surface area contributed by atoms with Crippen LogP contribution in [0.3, 0.4) is 0 Å². The maximum atomic E-state index is 13.7. The lowest BCUT2D eigenvalue weighted by Gasteiger charge is -2.12. The van der Waals surface area contributed by atoms with E-state index in [0.29, 0.717) is 24.5 Å². The molecule has 2 aromatic rings. The van der Waals surface area contributed by atoms with Gasteiger partial charge in [0, 0.05) is 28.7 Å². The first-order valence-electron chi connectivity index (χ1n) is 6.36. The molecule has 0 aliphatic carbocycles. The van der Waals surface area contributed by atoms with Crippen LogP contribution in [0.15, 0.2) is 34.8 Å². The molecule has 0 bridgehead atoms. The van der Waals surface area contributed by atoms with E-state index in [-0.39, 0.29) is 5.82 Å². The summed E-state index contributed by atoms with van der Waals surface area (Å²) in [5, 5.41) is 3.08. The summed E-state index contributed by atoms with van der Waals surface area (Å²) >= 11 is 3.49. The first-order valence-corrected chi connectivity index (χ1v) is 7.16. The molecule has 1 aliphatic heterocycles. The molecule has 20 heavy (non-hydrogen) atoms. The van der Waals surface area contributed by atoms with Crippen molar-refractivity contribution in [2.45, 2.75) is 13.0 Å². The minimum absolute atomic E-state index is 0.349. The van der Waals surface area contributed by atoms with E-state index < -0.39 is 0 Å². The number of nitrogens with one attached hydrogen (secondary N) is 1. The Hall–Kier alpha value is -1.75. The van der Waals surface area contributed by atoms with Gasteiger partial charge < -0.3 is 15.8 Å². The highest BCUT2D eigenvalue weighted by Crippen LogP contribution is 2.33. The third kappa shape index (κ3) is 2.58. The van der Waals surface area contributed by atoms with Crippen LogP contribution >= 0.6 is 15.9 Å². The van der Waals surface area contributed by atoms with Crippen molar-refractivity contribution >= 4 is 27.3 Å². The Morgan fingerprint density at radius 3 is 2.95 bits per heavy atom. The van der Waals surface area contributed by atoms with E-state index >= 15 is 0 Å². The van der Waals surface area contributed by atoms with Crippen LogP contribution in [0, 0.1) is 5.82 Å². The smallest absolute Gasteiger partial charge is 0.148 e. The van der Waals surface area contributed by atoms with Gasteiger partial charge in [-0.05, 0) is 35.9 Å². The largest absolute Gasteiger partial charge is 0.493 e. The van der Waals surface area contributed by atoms with Crippen molar-refractivity contribution < 1.29 is 9.13 Å². The molecular formula is C15H14BrFN2O. The molecule has 5 heteroatoms. The normalized spacial score (nSPS) is 12.9. The summed E-state index contributed by atoms with van der Waals surface area (Å²) in [5.74, 6) is 0.564. The molecule has 0 atom stereocenters. The minimum atomic E-state index is -0.349. The Bertz CT molecular complexity index is 661. The van der Waals surface area contributed by atoms with Gasteiger partial charge in [0.1, 0.15) is 11.6 Å². The second-order valence-corrected chi connectivity index (χ2v) is 5.66. The molecule has 0 saturated carbocycles. The van der Waals surface area contributed by atoms with Crippen LogP contribution in [0.4, 0.5) is 15.8 Å². The van der Waals surface area contributed by atoms with Crippen molar-refractivity contribution in [1.29, 1.82) is 0 Å². The molecular weight excluding hydrogens is 323 g/mol. The van der Waals surface area contributed by atoms with E-state index in [0.717, 1.165) is 22.2 Å². The lowest BCUT2D eigenvalue weighted by molar-refractivity contribution is 0.354. The molecule has 3 rings (SSSR count). The zero-order chi connectivity index (χ0) is 14.1. The predicted octanol–water partition coefficient (Wildman–Crippen LogP) is 3.72. The fourth-order valence-corrected chi connectivity index (χ4v) is 2.90. The van der Waals surface area contributed by atoms with Gasteiger partial charge in [-0.3, -0.25) is 0 Å². The number of nitrogen functional groups attached to an aromatic ring is 1. The summed E-state index contributed by atoms with van der Waals surface area (Å²) in [4.78, 5) is 0. The van der Waals surface area contributed by atoms with Crippen LogP contribution in [0.1, 0.15) is 11.1 Å². The number of nitrogens with two attached hydrogens (primary N) is 1. The highest BCUT2D eigenvalue weighted by atomic mass is 79.9. The predicted molar refractivity (Wildman–Crippen MR) is 81.5 cm³/mol. The molecule has 2 aromatic carbocycles. The number of anilines is 2. The second kappa shape index (κ2) is 5.32. The van der Waals surface area contributed by atoms with Crippen molar-refractivity contribution in [3.63, 3.8) is 0 Å². The zero-order valence-corrected chi connectivity index (χ0v) is 12.3.